The fourth-order valence-electron chi connectivity index (χ4n) is 6.76. The number of benzene rings is 6. The second kappa shape index (κ2) is 19.6. The molecule has 1 heterocycles. The van der Waals surface area contributed by atoms with Crippen LogP contribution in [0.4, 0.5) is 34.1 Å². The van der Waals surface area contributed by atoms with Crippen LogP contribution in [0, 0.1) is 0 Å². The number of carbonyl (C=O) groups excluding carboxylic acids is 1. The molecule has 0 saturated heterocycles. The number of azo groups is 3. The van der Waals surface area contributed by atoms with Gasteiger partial charge in [0.2, 0.25) is 11.9 Å². The summed E-state index contributed by atoms with van der Waals surface area (Å²) >= 11 is 0. The first-order valence-corrected chi connectivity index (χ1v) is 25.5. The van der Waals surface area contributed by atoms with Crippen molar-refractivity contribution in [3.05, 3.63) is 84.9 Å². The summed E-state index contributed by atoms with van der Waals surface area (Å²) in [6.45, 7) is 2.27. The lowest BCUT2D eigenvalue weighted by atomic mass is 10.1. The highest BCUT2D eigenvalue weighted by Gasteiger charge is 2.39. The van der Waals surface area contributed by atoms with Gasteiger partial charge in [0, 0.05) is 29.0 Å². The molecular weight excluding hydrogens is 1020 g/mol. The molecule has 6 aromatic rings. The van der Waals surface area contributed by atoms with Gasteiger partial charge >= 0.3 is 0 Å². The van der Waals surface area contributed by atoms with Crippen molar-refractivity contribution in [3.8, 4) is 23.0 Å². The van der Waals surface area contributed by atoms with Gasteiger partial charge in [0.1, 0.15) is 44.1 Å². The van der Waals surface area contributed by atoms with Crippen LogP contribution >= 0.6 is 0 Å². The Morgan fingerprint density at radius 2 is 1.20 bits per heavy atom. The van der Waals surface area contributed by atoms with E-state index in [1.807, 2.05) is 0 Å². The number of hydrogen-bond donors (Lipinski definition) is 7. The van der Waals surface area contributed by atoms with Crippen LogP contribution in [0.3, 0.4) is 0 Å². The molecule has 1 aliphatic rings. The number of fused-ring (bicyclic) bond motifs is 2. The van der Waals surface area contributed by atoms with Gasteiger partial charge in [-0.15, -0.1) is 25.6 Å². The molecule has 1 aliphatic heterocycles. The van der Waals surface area contributed by atoms with Crippen LogP contribution in [0.2, 0.25) is 0 Å². The molecule has 1 amide bonds. The average molecular weight is 1060 g/mol. The highest BCUT2D eigenvalue weighted by Crippen LogP contribution is 2.46. The summed E-state index contributed by atoms with van der Waals surface area (Å²) in [4.78, 5) is 10.2. The van der Waals surface area contributed by atoms with Crippen LogP contribution in [0.5, 0.6) is 23.0 Å². The molecule has 0 saturated carbocycles. The lowest BCUT2D eigenvalue weighted by Crippen LogP contribution is -2.31. The second-order valence-corrected chi connectivity index (χ2v) is 20.0. The summed E-state index contributed by atoms with van der Waals surface area (Å²) in [6.07, 6.45) is 0. The van der Waals surface area contributed by atoms with E-state index in [4.69, 9.17) is 14.2 Å². The number of hydrogen-bond acceptors (Lipinski definition) is 22. The van der Waals surface area contributed by atoms with Crippen molar-refractivity contribution in [2.24, 2.45) is 35.8 Å². The molecule has 31 heteroatoms. The molecule has 372 valence electrons. The van der Waals surface area contributed by atoms with Crippen LogP contribution in [0.15, 0.2) is 140 Å². The minimum Gasteiger partial charge on any atom is -0.507 e. The van der Waals surface area contributed by atoms with Gasteiger partial charge < -0.3 is 29.5 Å². The molecule has 0 radical (unpaired) electrons. The molecule has 6 aromatic carbocycles. The third-order valence-electron chi connectivity index (χ3n) is 9.81. The summed E-state index contributed by atoms with van der Waals surface area (Å²) in [5, 5.41) is 59.7. The largest absolute Gasteiger partial charge is 0.507 e. The number of hydrazone groups is 1. The molecule has 0 bridgehead atoms. The number of phenolic OH excluding ortho intramolecular Hbond substituents is 2. The van der Waals surface area contributed by atoms with Crippen LogP contribution in [-0.4, -0.2) is 105 Å². The molecule has 27 nitrogen and oxygen atoms in total. The van der Waals surface area contributed by atoms with Gasteiger partial charge in [-0.25, -0.2) is 0 Å². The number of rotatable bonds is 16. The van der Waals surface area contributed by atoms with E-state index in [1.165, 1.54) is 30.3 Å². The maximum Gasteiger partial charge on any atom is 0.296 e. The van der Waals surface area contributed by atoms with Crippen LogP contribution in [0.25, 0.3) is 21.5 Å². The first-order valence-electron chi connectivity index (χ1n) is 19.8. The Bertz CT molecular complexity index is 3760. The second-order valence-electron chi connectivity index (χ2n) is 14.4. The van der Waals surface area contributed by atoms with Crippen LogP contribution in [-0.2, 0) is 50.0 Å². The van der Waals surface area contributed by atoms with Gasteiger partial charge in [0.15, 0.2) is 12.5 Å². The third kappa shape index (κ3) is 10.9. The van der Waals surface area contributed by atoms with E-state index in [0.29, 0.717) is 12.1 Å². The minimum atomic E-state index is -5.18. The average Bonchev–Trinajstić information content (AvgIpc) is 3.60. The monoisotopic (exact) mass is 1060 g/mol. The van der Waals surface area contributed by atoms with E-state index in [1.54, 1.807) is 13.8 Å². The molecule has 7 rings (SSSR count). The van der Waals surface area contributed by atoms with Gasteiger partial charge in [0.05, 0.1) is 45.5 Å². The van der Waals surface area contributed by atoms with Gasteiger partial charge in [-0.05, 0) is 86.0 Å². The van der Waals surface area contributed by atoms with Crippen molar-refractivity contribution in [1.29, 1.82) is 0 Å². The number of amides is 1. The number of aromatic hydroxyl groups is 2. The molecule has 0 aliphatic carbocycles. The number of aliphatic hydroxyl groups is 1. The SMILES string of the molecule is CCOc1cc(/N=N/c2ccc(S(=O)(=O)O)c3cc(S(=O)(=O)O)cc(O)c23)c(OCC)cc1/N=N/c1c(S(=O)(=O)O)cc2cc(/N=N/C3C(=O)N(c4ccc(S(=O)(=O)O)cc4)N=C3OCO)ccc2c1O. The fourth-order valence-corrected chi connectivity index (χ4v) is 9.10. The number of nitrogens with zero attached hydrogens (tertiary/aromatic N) is 8. The highest BCUT2D eigenvalue weighted by atomic mass is 32.2. The van der Waals surface area contributed by atoms with E-state index in [0.717, 1.165) is 47.5 Å². The zero-order valence-corrected chi connectivity index (χ0v) is 39.3. The van der Waals surface area contributed by atoms with E-state index in [9.17, 15) is 72.0 Å². The fraction of sp³-hybridized carbons (Fsp3) is 0.150. The van der Waals surface area contributed by atoms with Crippen molar-refractivity contribution >= 4 is 108 Å². The number of ether oxygens (including phenoxy) is 3. The lowest BCUT2D eigenvalue weighted by molar-refractivity contribution is -0.118. The van der Waals surface area contributed by atoms with Crippen molar-refractivity contribution in [2.45, 2.75) is 39.5 Å². The third-order valence-corrected chi connectivity index (χ3v) is 13.3. The number of aliphatic hydroxyl groups excluding tert-OH is 1. The summed E-state index contributed by atoms with van der Waals surface area (Å²) < 4.78 is 152. The molecule has 0 aromatic heterocycles. The van der Waals surface area contributed by atoms with Crippen molar-refractivity contribution in [1.82, 2.24) is 0 Å². The summed E-state index contributed by atoms with van der Waals surface area (Å²) in [5.74, 6) is -3.07. The standard InChI is InChI=1S/C40H34N8O19S4/c1-3-65-31-18-29(32(66-4-2)17-28(31)43-42-27-11-12-33(70(59,60)61)26-15-24(69(56,57)58)16-30(50)35(26)27)44-45-36-34(71(62,63)64)14-20-13-21(5-10-25(20)38(36)51)41-46-37-39(67-19-49)47-48(40(37)52)22-6-8-23(9-7-22)68(53,54)55/h5-18,37,49-51H,3-4,19H2,1-2H3,(H,53,54,55)(H,56,57,58)(H,59,60,61)(H,62,63,64)/b43-42+,45-44+,46-41+. The predicted octanol–water partition coefficient (Wildman–Crippen LogP) is 6.80. The molecule has 7 N–H and O–H groups in total. The summed E-state index contributed by atoms with van der Waals surface area (Å²) in [7, 11) is -19.7. The van der Waals surface area contributed by atoms with E-state index < -0.39 is 113 Å². The Labute approximate surface area is 400 Å². The normalized spacial score (nSPS) is 14.9. The minimum absolute atomic E-state index is 0.000836. The quantitative estimate of drug-likeness (QED) is 0.0297. The molecule has 0 spiro atoms. The first-order chi connectivity index (χ1) is 33.3. The Kier molecular flexibility index (Phi) is 14.2. The van der Waals surface area contributed by atoms with E-state index in [2.05, 4.69) is 35.8 Å². The van der Waals surface area contributed by atoms with Gasteiger partial charge in [-0.3, -0.25) is 23.0 Å². The van der Waals surface area contributed by atoms with Gasteiger partial charge in [0.25, 0.3) is 46.4 Å². The van der Waals surface area contributed by atoms with E-state index >= 15 is 0 Å². The maximum absolute atomic E-state index is 13.3. The lowest BCUT2D eigenvalue weighted by Gasteiger charge is -2.13. The van der Waals surface area contributed by atoms with Crippen molar-refractivity contribution in [2.75, 3.05) is 25.0 Å². The smallest absolute Gasteiger partial charge is 0.296 e. The Hall–Kier alpha value is -7.62. The highest BCUT2D eigenvalue weighted by molar-refractivity contribution is 7.86. The van der Waals surface area contributed by atoms with Gasteiger partial charge in [-0.1, -0.05) is 0 Å². The number of carbonyl (C=O) groups is 1. The summed E-state index contributed by atoms with van der Waals surface area (Å²) in [5.41, 5.74) is -1.22. The van der Waals surface area contributed by atoms with Gasteiger partial charge in [-0.2, -0.15) is 48.9 Å². The molecule has 71 heavy (non-hydrogen) atoms. The van der Waals surface area contributed by atoms with Crippen molar-refractivity contribution < 1.29 is 86.2 Å². The number of phenols is 2. The zero-order valence-electron chi connectivity index (χ0n) is 36.0. The van der Waals surface area contributed by atoms with Crippen LogP contribution in [0.1, 0.15) is 13.8 Å². The zero-order chi connectivity index (χ0) is 51.8. The first kappa shape index (κ1) is 51.2. The predicted molar refractivity (Wildman–Crippen MR) is 245 cm³/mol. The van der Waals surface area contributed by atoms with Crippen LogP contribution < -0.4 is 14.5 Å². The number of anilines is 1. The molecule has 1 atom stereocenters. The molecule has 0 fully saturated rings. The Balaban J connectivity index is 1.23. The topological polar surface area (TPSA) is 413 Å². The maximum atomic E-state index is 13.3. The Morgan fingerprint density at radius 3 is 1.76 bits per heavy atom. The van der Waals surface area contributed by atoms with E-state index in [-0.39, 0.29) is 63.9 Å². The molecule has 1 unspecified atom stereocenters. The Morgan fingerprint density at radius 1 is 0.606 bits per heavy atom. The van der Waals surface area contributed by atoms with Crippen molar-refractivity contribution in [3.63, 3.8) is 0 Å². The molecular formula is C40H34N8O19S4. The summed E-state index contributed by atoms with van der Waals surface area (Å²) in [6, 6.07) is 13.2.